The van der Waals surface area contributed by atoms with Crippen LogP contribution in [-0.2, 0) is 9.84 Å². The second kappa shape index (κ2) is 6.06. The summed E-state index contributed by atoms with van der Waals surface area (Å²) in [6.07, 6.45) is -0.752. The third kappa shape index (κ3) is 3.21. The van der Waals surface area contributed by atoms with E-state index in [-0.39, 0.29) is 17.5 Å². The number of methoxy groups -OCH3 is 1. The molecule has 2 fully saturated rings. The van der Waals surface area contributed by atoms with Gasteiger partial charge in [0.15, 0.2) is 9.84 Å². The van der Waals surface area contributed by atoms with E-state index in [0.717, 1.165) is 37.6 Å². The van der Waals surface area contributed by atoms with E-state index in [4.69, 9.17) is 4.74 Å². The van der Waals surface area contributed by atoms with E-state index >= 15 is 0 Å². The van der Waals surface area contributed by atoms with Crippen LogP contribution >= 0.6 is 0 Å². The maximum absolute atomic E-state index is 11.6. The fourth-order valence-electron chi connectivity index (χ4n) is 3.26. The van der Waals surface area contributed by atoms with Crippen molar-refractivity contribution in [3.63, 3.8) is 0 Å². The first-order chi connectivity index (χ1) is 10.5. The molecule has 0 spiro atoms. The zero-order valence-electron chi connectivity index (χ0n) is 12.7. The van der Waals surface area contributed by atoms with Crippen LogP contribution in [0.25, 0.3) is 0 Å². The van der Waals surface area contributed by atoms with Crippen LogP contribution in [0.3, 0.4) is 0 Å². The molecule has 2 atom stereocenters. The summed E-state index contributed by atoms with van der Waals surface area (Å²) in [6.45, 7) is 3.19. The Morgan fingerprint density at radius 1 is 1.09 bits per heavy atom. The summed E-state index contributed by atoms with van der Waals surface area (Å²) in [5.41, 5.74) is 1.14. The fourth-order valence-corrected chi connectivity index (χ4v) is 5.10. The average molecular weight is 326 g/mol. The predicted octanol–water partition coefficient (Wildman–Crippen LogP) is -0.0249. The number of hydrogen-bond donors (Lipinski definition) is 1. The first kappa shape index (κ1) is 15.6. The molecule has 2 heterocycles. The Labute approximate surface area is 131 Å². The van der Waals surface area contributed by atoms with Gasteiger partial charge >= 0.3 is 0 Å². The van der Waals surface area contributed by atoms with Crippen molar-refractivity contribution < 1.29 is 18.3 Å². The molecule has 3 rings (SSSR count). The van der Waals surface area contributed by atoms with Crippen molar-refractivity contribution in [3.8, 4) is 5.75 Å². The third-order valence-electron chi connectivity index (χ3n) is 4.51. The number of anilines is 1. The number of aliphatic hydroxyl groups is 1. The Morgan fingerprint density at radius 3 is 2.23 bits per heavy atom. The van der Waals surface area contributed by atoms with Gasteiger partial charge in [-0.25, -0.2) is 8.42 Å². The van der Waals surface area contributed by atoms with Crippen LogP contribution in [0.15, 0.2) is 24.3 Å². The molecule has 0 aromatic heterocycles. The number of rotatable bonds is 3. The lowest BCUT2D eigenvalue weighted by atomic mass is 10.1. The highest BCUT2D eigenvalue weighted by atomic mass is 32.2. The molecule has 2 saturated heterocycles. The second-order valence-electron chi connectivity index (χ2n) is 5.93. The fraction of sp³-hybridized carbons (Fsp3) is 0.600. The predicted molar refractivity (Wildman–Crippen MR) is 85.2 cm³/mol. The second-order valence-corrected chi connectivity index (χ2v) is 8.09. The van der Waals surface area contributed by atoms with Gasteiger partial charge in [-0.1, -0.05) is 0 Å². The zero-order valence-corrected chi connectivity index (χ0v) is 13.5. The number of benzene rings is 1. The summed E-state index contributed by atoms with van der Waals surface area (Å²) >= 11 is 0. The third-order valence-corrected chi connectivity index (χ3v) is 6.21. The van der Waals surface area contributed by atoms with Gasteiger partial charge in [-0.2, -0.15) is 0 Å². The maximum atomic E-state index is 11.6. The largest absolute Gasteiger partial charge is 0.497 e. The molecule has 2 aliphatic rings. The highest BCUT2D eigenvalue weighted by Crippen LogP contribution is 2.23. The van der Waals surface area contributed by atoms with Gasteiger partial charge in [0.25, 0.3) is 0 Å². The van der Waals surface area contributed by atoms with Gasteiger partial charge in [-0.15, -0.1) is 0 Å². The molecular weight excluding hydrogens is 304 g/mol. The van der Waals surface area contributed by atoms with Crippen molar-refractivity contribution in [3.05, 3.63) is 24.3 Å². The van der Waals surface area contributed by atoms with Crippen molar-refractivity contribution in [1.29, 1.82) is 0 Å². The average Bonchev–Trinajstić information content (AvgIpc) is 2.80. The van der Waals surface area contributed by atoms with Crippen molar-refractivity contribution >= 4 is 15.5 Å². The van der Waals surface area contributed by atoms with Crippen LogP contribution < -0.4 is 9.64 Å². The number of ether oxygens (including phenoxy) is 1. The van der Waals surface area contributed by atoms with Crippen molar-refractivity contribution in [2.24, 2.45) is 0 Å². The van der Waals surface area contributed by atoms with Crippen LogP contribution in [0.1, 0.15) is 0 Å². The lowest BCUT2D eigenvalue weighted by molar-refractivity contribution is 0.0793. The van der Waals surface area contributed by atoms with E-state index < -0.39 is 15.9 Å². The number of aliphatic hydroxyl groups excluding tert-OH is 1. The number of piperazine rings is 1. The van der Waals surface area contributed by atoms with Crippen molar-refractivity contribution in [1.82, 2.24) is 4.90 Å². The first-order valence-electron chi connectivity index (χ1n) is 7.50. The Balaban J connectivity index is 1.60. The van der Waals surface area contributed by atoms with Crippen molar-refractivity contribution in [2.45, 2.75) is 12.1 Å². The summed E-state index contributed by atoms with van der Waals surface area (Å²) in [4.78, 5) is 4.38. The molecule has 0 saturated carbocycles. The monoisotopic (exact) mass is 326 g/mol. The molecule has 1 aromatic rings. The van der Waals surface area contributed by atoms with Crippen LogP contribution in [0.5, 0.6) is 5.75 Å². The van der Waals surface area contributed by atoms with Crippen LogP contribution in [0.2, 0.25) is 0 Å². The van der Waals surface area contributed by atoms with E-state index in [1.165, 1.54) is 0 Å². The number of hydrogen-bond acceptors (Lipinski definition) is 6. The highest BCUT2D eigenvalue weighted by Gasteiger charge is 2.40. The molecule has 0 bridgehead atoms. The zero-order chi connectivity index (χ0) is 15.7. The first-order valence-corrected chi connectivity index (χ1v) is 9.32. The topological polar surface area (TPSA) is 70.1 Å². The van der Waals surface area contributed by atoms with Gasteiger partial charge in [0, 0.05) is 31.9 Å². The summed E-state index contributed by atoms with van der Waals surface area (Å²) < 4.78 is 28.4. The molecule has 7 heteroatoms. The van der Waals surface area contributed by atoms with E-state index in [1.807, 2.05) is 24.3 Å². The van der Waals surface area contributed by atoms with Gasteiger partial charge in [-0.05, 0) is 24.3 Å². The summed E-state index contributed by atoms with van der Waals surface area (Å²) in [5.74, 6) is 0.814. The molecule has 6 nitrogen and oxygen atoms in total. The smallest absolute Gasteiger partial charge is 0.154 e. The van der Waals surface area contributed by atoms with Gasteiger partial charge in [0.2, 0.25) is 0 Å². The Bertz CT molecular complexity index is 609. The molecule has 2 aliphatic heterocycles. The Morgan fingerprint density at radius 2 is 1.73 bits per heavy atom. The normalized spacial score (nSPS) is 28.7. The molecule has 0 amide bonds. The highest BCUT2D eigenvalue weighted by molar-refractivity contribution is 7.91. The number of nitrogens with zero attached hydrogens (tertiary/aromatic N) is 2. The molecule has 22 heavy (non-hydrogen) atoms. The summed E-state index contributed by atoms with van der Waals surface area (Å²) in [7, 11) is -1.44. The number of sulfone groups is 1. The summed E-state index contributed by atoms with van der Waals surface area (Å²) in [6, 6.07) is 7.69. The standard InChI is InChI=1S/C15H22N2O4S/c1-21-13-4-2-12(3-5-13)16-6-8-17(9-7-16)14-10-22(19,20)11-15(14)18/h2-5,14-15,18H,6-11H2,1H3. The summed E-state index contributed by atoms with van der Waals surface area (Å²) in [5, 5.41) is 9.97. The van der Waals surface area contributed by atoms with E-state index in [0.29, 0.717) is 0 Å². The molecular formula is C15H22N2O4S. The van der Waals surface area contributed by atoms with Gasteiger partial charge in [-0.3, -0.25) is 4.90 Å². The van der Waals surface area contributed by atoms with Crippen LogP contribution in [-0.4, -0.2) is 75.4 Å². The molecule has 2 unspecified atom stereocenters. The molecule has 0 radical (unpaired) electrons. The lowest BCUT2D eigenvalue weighted by Gasteiger charge is -2.39. The van der Waals surface area contributed by atoms with E-state index in [1.54, 1.807) is 7.11 Å². The molecule has 1 N–H and O–H groups in total. The van der Waals surface area contributed by atoms with Crippen LogP contribution in [0.4, 0.5) is 5.69 Å². The van der Waals surface area contributed by atoms with Gasteiger partial charge in [0.1, 0.15) is 5.75 Å². The lowest BCUT2D eigenvalue weighted by Crippen LogP contribution is -2.53. The molecule has 1 aromatic carbocycles. The Hall–Kier alpha value is -1.31. The molecule has 122 valence electrons. The van der Waals surface area contributed by atoms with Gasteiger partial charge < -0.3 is 14.7 Å². The minimum Gasteiger partial charge on any atom is -0.497 e. The van der Waals surface area contributed by atoms with Gasteiger partial charge in [0.05, 0.1) is 30.8 Å². The quantitative estimate of drug-likeness (QED) is 0.842. The molecule has 0 aliphatic carbocycles. The SMILES string of the molecule is COc1ccc(N2CCN(C3CS(=O)(=O)CC3O)CC2)cc1. The van der Waals surface area contributed by atoms with Crippen molar-refractivity contribution in [2.75, 3.05) is 49.7 Å². The Kier molecular flexibility index (Phi) is 4.29. The minimum absolute atomic E-state index is 0.0801. The minimum atomic E-state index is -3.09. The van der Waals surface area contributed by atoms with E-state index in [9.17, 15) is 13.5 Å². The van der Waals surface area contributed by atoms with Crippen LogP contribution in [0, 0.1) is 0 Å². The van der Waals surface area contributed by atoms with E-state index in [2.05, 4.69) is 9.80 Å². The maximum Gasteiger partial charge on any atom is 0.154 e.